The highest BCUT2D eigenvalue weighted by molar-refractivity contribution is 7.88. The van der Waals surface area contributed by atoms with Crippen LogP contribution >= 0.6 is 11.2 Å². The van der Waals surface area contributed by atoms with Crippen molar-refractivity contribution in [3.63, 3.8) is 0 Å². The molecular formula is C27H28N2O4S. The lowest BCUT2D eigenvalue weighted by Gasteiger charge is -2.28. The Hall–Kier alpha value is -3.25. The second kappa shape index (κ2) is 11.3. The van der Waals surface area contributed by atoms with Gasteiger partial charge in [0.05, 0.1) is 12.3 Å². The third kappa shape index (κ3) is 6.00. The molecule has 0 radical (unpaired) electrons. The highest BCUT2D eigenvalue weighted by atomic mass is 32.1. The van der Waals surface area contributed by atoms with Crippen LogP contribution in [-0.2, 0) is 16.1 Å². The van der Waals surface area contributed by atoms with Gasteiger partial charge in [0.2, 0.25) is 0 Å². The maximum absolute atomic E-state index is 13.0. The molecule has 1 aliphatic carbocycles. The highest BCUT2D eigenvalue weighted by Crippen LogP contribution is 2.32. The Morgan fingerprint density at radius 1 is 1.03 bits per heavy atom. The van der Waals surface area contributed by atoms with Gasteiger partial charge in [-0.1, -0.05) is 42.5 Å². The maximum atomic E-state index is 13.0. The van der Waals surface area contributed by atoms with Crippen LogP contribution in [0, 0.1) is 17.5 Å². The number of hydrogen-bond acceptors (Lipinski definition) is 4. The van der Waals surface area contributed by atoms with Crippen molar-refractivity contribution in [3.05, 3.63) is 71.0 Å². The summed E-state index contributed by atoms with van der Waals surface area (Å²) in [4.78, 5) is 24.6. The Balaban J connectivity index is 1.55. The molecule has 0 unspecified atom stereocenters. The number of benzene rings is 2. The Morgan fingerprint density at radius 2 is 1.71 bits per heavy atom. The fourth-order valence-corrected chi connectivity index (χ4v) is 4.79. The van der Waals surface area contributed by atoms with Gasteiger partial charge in [0.25, 0.3) is 5.56 Å². The Morgan fingerprint density at radius 3 is 2.35 bits per heavy atom. The number of aliphatic carboxylic acids is 1. The van der Waals surface area contributed by atoms with Crippen molar-refractivity contribution in [2.75, 3.05) is 13.2 Å². The van der Waals surface area contributed by atoms with Crippen molar-refractivity contribution >= 4 is 17.1 Å². The van der Waals surface area contributed by atoms with Crippen LogP contribution in [0.5, 0.6) is 0 Å². The van der Waals surface area contributed by atoms with Gasteiger partial charge in [-0.2, -0.15) is 5.10 Å². The molecule has 34 heavy (non-hydrogen) atoms. The third-order valence-corrected chi connectivity index (χ3v) is 6.87. The molecule has 1 heterocycles. The summed E-state index contributed by atoms with van der Waals surface area (Å²) >= 11 is 1.19. The molecule has 1 aromatic heterocycles. The van der Waals surface area contributed by atoms with Crippen LogP contribution in [-0.4, -0.2) is 34.1 Å². The van der Waals surface area contributed by atoms with E-state index >= 15 is 0 Å². The van der Waals surface area contributed by atoms with E-state index in [-0.39, 0.29) is 12.2 Å². The normalized spacial score (nSPS) is 17.9. The summed E-state index contributed by atoms with van der Waals surface area (Å²) < 4.78 is 6.86. The molecule has 1 aliphatic rings. The molecule has 0 bridgehead atoms. The molecule has 176 valence electrons. The molecule has 0 atom stereocenters. The first-order valence-corrected chi connectivity index (χ1v) is 12.4. The summed E-state index contributed by atoms with van der Waals surface area (Å²) in [5, 5.41) is 13.6. The van der Waals surface area contributed by atoms with Gasteiger partial charge in [-0.25, -0.2) is 9.48 Å². The minimum atomic E-state index is -0.940. The quantitative estimate of drug-likeness (QED) is 0.485. The molecule has 1 fully saturated rings. The summed E-state index contributed by atoms with van der Waals surface area (Å²) in [6, 6.07) is 19.4. The zero-order valence-corrected chi connectivity index (χ0v) is 19.7. The first-order chi connectivity index (χ1) is 16.5. The summed E-state index contributed by atoms with van der Waals surface area (Å²) in [5.41, 5.74) is 9.05. The minimum Gasteiger partial charge on any atom is -0.480 e. The monoisotopic (exact) mass is 476 g/mol. The van der Waals surface area contributed by atoms with E-state index in [2.05, 4.69) is 0 Å². The van der Waals surface area contributed by atoms with Crippen molar-refractivity contribution in [3.8, 4) is 28.1 Å². The predicted octanol–water partition coefficient (Wildman–Crippen LogP) is 5.17. The van der Waals surface area contributed by atoms with Gasteiger partial charge < -0.3 is 9.84 Å². The number of hydrogen-bond donors (Lipinski definition) is 1. The van der Waals surface area contributed by atoms with Crippen LogP contribution in [0.4, 0.5) is 0 Å². The van der Waals surface area contributed by atoms with Gasteiger partial charge in [-0.05, 0) is 55.2 Å². The van der Waals surface area contributed by atoms with Gasteiger partial charge in [-0.3, -0.25) is 4.79 Å². The first-order valence-electron chi connectivity index (χ1n) is 11.5. The highest BCUT2D eigenvalue weighted by Gasteiger charge is 2.23. The predicted molar refractivity (Wildman–Crippen MR) is 134 cm³/mol. The van der Waals surface area contributed by atoms with E-state index in [1.54, 1.807) is 10.7 Å². The van der Waals surface area contributed by atoms with Crippen molar-refractivity contribution in [1.29, 1.82) is 0 Å². The summed E-state index contributed by atoms with van der Waals surface area (Å²) in [6.45, 7) is 0.797. The molecule has 0 amide bonds. The lowest BCUT2D eigenvalue weighted by atomic mass is 9.82. The van der Waals surface area contributed by atoms with E-state index in [0.717, 1.165) is 53.0 Å². The van der Waals surface area contributed by atoms with Gasteiger partial charge in [-0.15, -0.1) is 16.9 Å². The van der Waals surface area contributed by atoms with Crippen LogP contribution in [0.2, 0.25) is 0 Å². The largest absolute Gasteiger partial charge is 0.480 e. The Bertz CT molecular complexity index is 1220. The zero-order valence-electron chi connectivity index (χ0n) is 18.9. The van der Waals surface area contributed by atoms with E-state index in [4.69, 9.17) is 20.6 Å². The van der Waals surface area contributed by atoms with Crippen LogP contribution in [0.3, 0.4) is 0 Å². The van der Waals surface area contributed by atoms with Gasteiger partial charge >= 0.3 is 5.97 Å². The molecule has 3 aromatic rings. The van der Waals surface area contributed by atoms with E-state index in [0.29, 0.717) is 25.0 Å². The van der Waals surface area contributed by atoms with Crippen molar-refractivity contribution in [2.24, 2.45) is 11.8 Å². The van der Waals surface area contributed by atoms with Crippen molar-refractivity contribution < 1.29 is 14.6 Å². The second-order valence-electron chi connectivity index (χ2n) is 8.73. The number of carbonyl (C=O) groups is 1. The van der Waals surface area contributed by atoms with Gasteiger partial charge in [0, 0.05) is 28.6 Å². The lowest BCUT2D eigenvalue weighted by molar-refractivity contribution is -0.142. The number of carboxylic acid groups (broad SMARTS) is 1. The van der Waals surface area contributed by atoms with Crippen molar-refractivity contribution in [1.82, 2.24) is 9.78 Å². The smallest absolute Gasteiger partial charge is 0.329 e. The number of rotatable bonds is 8. The fourth-order valence-electron chi connectivity index (χ4n) is 4.50. The molecule has 0 spiro atoms. The number of nitrogens with zero attached hydrogens (tertiary/aromatic N) is 2. The number of carboxylic acids is 1. The first kappa shape index (κ1) is 23.9. The SMILES string of the molecule is C#Sc1ccc(-c2nn(CC3CCC(COCC(=O)O)CC3)c(=O)cc2-c2ccccc2)cc1. The third-order valence-electron chi connectivity index (χ3n) is 6.32. The zero-order chi connectivity index (χ0) is 23.9. The van der Waals surface area contributed by atoms with Crippen molar-refractivity contribution in [2.45, 2.75) is 37.1 Å². The number of ether oxygens (including phenoxy) is 1. The molecule has 2 aromatic carbocycles. The summed E-state index contributed by atoms with van der Waals surface area (Å²) in [6.07, 6.45) is 3.86. The average Bonchev–Trinajstić information content (AvgIpc) is 2.86. The maximum Gasteiger partial charge on any atom is 0.329 e. The Kier molecular flexibility index (Phi) is 7.91. The van der Waals surface area contributed by atoms with E-state index in [1.807, 2.05) is 54.6 Å². The van der Waals surface area contributed by atoms with E-state index in [1.165, 1.54) is 11.2 Å². The molecule has 7 heteroatoms. The van der Waals surface area contributed by atoms with Gasteiger partial charge in [0.15, 0.2) is 0 Å². The van der Waals surface area contributed by atoms with E-state index < -0.39 is 5.97 Å². The molecule has 1 saturated carbocycles. The molecule has 6 nitrogen and oxygen atoms in total. The molecule has 4 rings (SSSR count). The molecule has 0 saturated heterocycles. The summed E-state index contributed by atoms with van der Waals surface area (Å²) in [7, 11) is 0. The molecule has 0 aliphatic heterocycles. The van der Waals surface area contributed by atoms with Gasteiger partial charge in [0.1, 0.15) is 6.61 Å². The topological polar surface area (TPSA) is 81.4 Å². The van der Waals surface area contributed by atoms with Crippen LogP contribution in [0.1, 0.15) is 25.7 Å². The average molecular weight is 477 g/mol. The standard InChI is InChI=1S/C27H28N2O4S/c1-34-23-13-11-22(12-14-23)27-24(21-5-3-2-4-6-21)15-25(30)29(28-27)16-19-7-9-20(10-8-19)17-33-18-26(31)32/h1-6,11-15,19-20H,7-10,16-18H2,(H,31,32). The van der Waals surface area contributed by atoms with Crippen LogP contribution < -0.4 is 5.56 Å². The molecular weight excluding hydrogens is 448 g/mol. The fraction of sp³-hybridized carbons (Fsp3) is 0.333. The minimum absolute atomic E-state index is 0.108. The van der Waals surface area contributed by atoms with Crippen LogP contribution in [0.15, 0.2) is 70.4 Å². The molecule has 1 N–H and O–H groups in total. The van der Waals surface area contributed by atoms with Crippen LogP contribution in [0.25, 0.3) is 22.4 Å². The lowest BCUT2D eigenvalue weighted by Crippen LogP contribution is -2.29. The summed E-state index contributed by atoms with van der Waals surface area (Å²) in [5.74, 6) is -0.215. The second-order valence-corrected chi connectivity index (χ2v) is 9.44. The Labute approximate surface area is 202 Å². The number of aromatic nitrogens is 2. The van der Waals surface area contributed by atoms with E-state index in [9.17, 15) is 9.59 Å².